The van der Waals surface area contributed by atoms with Crippen LogP contribution < -0.4 is 5.32 Å². The Balaban J connectivity index is 1.94. The summed E-state index contributed by atoms with van der Waals surface area (Å²) in [6, 6.07) is 5.63. The van der Waals surface area contributed by atoms with Crippen LogP contribution in [0, 0.1) is 11.3 Å². The SMILES string of the molecule is CC(C)(C)OC(=O)N1CC[C@@H](Nc2ncccc2C#N)C1. The number of rotatable bonds is 2. The third kappa shape index (κ3) is 4.09. The van der Waals surface area contributed by atoms with Crippen molar-refractivity contribution in [1.82, 2.24) is 9.88 Å². The number of amides is 1. The quantitative estimate of drug-likeness (QED) is 0.904. The minimum Gasteiger partial charge on any atom is -0.444 e. The molecule has 1 aliphatic heterocycles. The first-order chi connectivity index (χ1) is 9.89. The number of nitrogens with one attached hydrogen (secondary N) is 1. The summed E-state index contributed by atoms with van der Waals surface area (Å²) in [7, 11) is 0. The van der Waals surface area contributed by atoms with Gasteiger partial charge in [0.05, 0.1) is 5.56 Å². The molecule has 1 amide bonds. The van der Waals surface area contributed by atoms with Gasteiger partial charge >= 0.3 is 6.09 Å². The van der Waals surface area contributed by atoms with E-state index in [4.69, 9.17) is 10.00 Å². The van der Waals surface area contributed by atoms with E-state index < -0.39 is 5.60 Å². The van der Waals surface area contributed by atoms with Gasteiger partial charge in [0, 0.05) is 25.3 Å². The van der Waals surface area contributed by atoms with Crippen LogP contribution >= 0.6 is 0 Å². The number of ether oxygens (including phenoxy) is 1. The fourth-order valence-corrected chi connectivity index (χ4v) is 2.17. The number of anilines is 1. The van der Waals surface area contributed by atoms with E-state index in [9.17, 15) is 4.79 Å². The van der Waals surface area contributed by atoms with E-state index in [0.717, 1.165) is 6.42 Å². The number of carbonyl (C=O) groups is 1. The molecule has 6 nitrogen and oxygen atoms in total. The van der Waals surface area contributed by atoms with Crippen molar-refractivity contribution in [1.29, 1.82) is 5.26 Å². The van der Waals surface area contributed by atoms with E-state index in [1.165, 1.54) is 0 Å². The number of hydrogen-bond acceptors (Lipinski definition) is 5. The van der Waals surface area contributed by atoms with Crippen LogP contribution in [-0.4, -0.2) is 40.7 Å². The Morgan fingerprint density at radius 3 is 3.00 bits per heavy atom. The van der Waals surface area contributed by atoms with Gasteiger partial charge in [0.1, 0.15) is 17.5 Å². The molecule has 21 heavy (non-hydrogen) atoms. The van der Waals surface area contributed by atoms with Crippen LogP contribution in [0.3, 0.4) is 0 Å². The van der Waals surface area contributed by atoms with E-state index >= 15 is 0 Å². The van der Waals surface area contributed by atoms with Crippen molar-refractivity contribution in [3.63, 3.8) is 0 Å². The summed E-state index contributed by atoms with van der Waals surface area (Å²) >= 11 is 0. The Kier molecular flexibility index (Phi) is 4.32. The van der Waals surface area contributed by atoms with Crippen molar-refractivity contribution in [2.75, 3.05) is 18.4 Å². The highest BCUT2D eigenvalue weighted by Gasteiger charge is 2.30. The van der Waals surface area contributed by atoms with Crippen LogP contribution in [0.2, 0.25) is 0 Å². The highest BCUT2D eigenvalue weighted by Crippen LogP contribution is 2.19. The number of nitrogens with zero attached hydrogens (tertiary/aromatic N) is 3. The first-order valence-electron chi connectivity index (χ1n) is 6.98. The van der Waals surface area contributed by atoms with Gasteiger partial charge in [-0.2, -0.15) is 5.26 Å². The number of hydrogen-bond donors (Lipinski definition) is 1. The molecule has 1 saturated heterocycles. The average Bonchev–Trinajstić information content (AvgIpc) is 2.86. The molecular formula is C15H20N4O2. The van der Waals surface area contributed by atoms with E-state index in [-0.39, 0.29) is 12.1 Å². The van der Waals surface area contributed by atoms with Crippen LogP contribution in [0.25, 0.3) is 0 Å². The van der Waals surface area contributed by atoms with Gasteiger partial charge in [0.15, 0.2) is 0 Å². The average molecular weight is 288 g/mol. The predicted octanol–water partition coefficient (Wildman–Crippen LogP) is 2.37. The Bertz CT molecular complexity index is 560. The lowest BCUT2D eigenvalue weighted by atomic mass is 10.2. The van der Waals surface area contributed by atoms with Crippen molar-refractivity contribution in [2.45, 2.75) is 38.8 Å². The van der Waals surface area contributed by atoms with E-state index in [0.29, 0.717) is 24.5 Å². The summed E-state index contributed by atoms with van der Waals surface area (Å²) < 4.78 is 5.36. The fourth-order valence-electron chi connectivity index (χ4n) is 2.17. The lowest BCUT2D eigenvalue weighted by molar-refractivity contribution is 0.0293. The van der Waals surface area contributed by atoms with E-state index in [1.54, 1.807) is 23.2 Å². The van der Waals surface area contributed by atoms with Crippen molar-refractivity contribution >= 4 is 11.9 Å². The van der Waals surface area contributed by atoms with Gasteiger partial charge in [0.2, 0.25) is 0 Å². The number of aromatic nitrogens is 1. The normalized spacial score (nSPS) is 18.2. The zero-order valence-electron chi connectivity index (χ0n) is 12.6. The van der Waals surface area contributed by atoms with Gasteiger partial charge < -0.3 is 15.0 Å². The van der Waals surface area contributed by atoms with Crippen LogP contribution in [0.15, 0.2) is 18.3 Å². The predicted molar refractivity (Wildman–Crippen MR) is 78.8 cm³/mol. The summed E-state index contributed by atoms with van der Waals surface area (Å²) in [4.78, 5) is 17.8. The second-order valence-corrected chi connectivity index (χ2v) is 6.07. The van der Waals surface area contributed by atoms with Crippen molar-refractivity contribution in [3.8, 4) is 6.07 Å². The Morgan fingerprint density at radius 2 is 2.33 bits per heavy atom. The Morgan fingerprint density at radius 1 is 1.57 bits per heavy atom. The molecule has 0 radical (unpaired) electrons. The van der Waals surface area contributed by atoms with Gasteiger partial charge in [0.25, 0.3) is 0 Å². The zero-order valence-corrected chi connectivity index (χ0v) is 12.6. The van der Waals surface area contributed by atoms with E-state index in [1.807, 2.05) is 20.8 Å². The van der Waals surface area contributed by atoms with E-state index in [2.05, 4.69) is 16.4 Å². The second kappa shape index (κ2) is 6.00. The van der Waals surface area contributed by atoms with Crippen LogP contribution in [0.1, 0.15) is 32.8 Å². The molecule has 1 fully saturated rings. The molecule has 0 spiro atoms. The standard InChI is InChI=1S/C15H20N4O2/c1-15(2,3)21-14(20)19-8-6-12(10-19)18-13-11(9-16)5-4-7-17-13/h4-5,7,12H,6,8,10H2,1-3H3,(H,17,18)/t12-/m1/s1. The largest absolute Gasteiger partial charge is 0.444 e. The molecule has 2 rings (SSSR count). The molecule has 0 unspecified atom stereocenters. The van der Waals surface area contributed by atoms with Gasteiger partial charge in [-0.3, -0.25) is 0 Å². The zero-order chi connectivity index (χ0) is 15.5. The van der Waals surface area contributed by atoms with Crippen LogP contribution in [0.4, 0.5) is 10.6 Å². The molecular weight excluding hydrogens is 268 g/mol. The van der Waals surface area contributed by atoms with Gasteiger partial charge in [-0.05, 0) is 39.3 Å². The van der Waals surface area contributed by atoms with Crippen molar-refractivity contribution in [2.24, 2.45) is 0 Å². The third-order valence-electron chi connectivity index (χ3n) is 3.11. The smallest absolute Gasteiger partial charge is 0.410 e. The summed E-state index contributed by atoms with van der Waals surface area (Å²) in [5.74, 6) is 0.566. The first kappa shape index (κ1) is 15.1. The van der Waals surface area contributed by atoms with Gasteiger partial charge in [-0.25, -0.2) is 9.78 Å². The lowest BCUT2D eigenvalue weighted by Gasteiger charge is -2.24. The number of carbonyl (C=O) groups excluding carboxylic acids is 1. The number of pyridine rings is 1. The summed E-state index contributed by atoms with van der Waals surface area (Å²) in [6.07, 6.45) is 2.15. The molecule has 0 aliphatic carbocycles. The summed E-state index contributed by atoms with van der Waals surface area (Å²) in [5.41, 5.74) is 0.0191. The molecule has 2 heterocycles. The van der Waals surface area contributed by atoms with Gasteiger partial charge in [-0.1, -0.05) is 0 Å². The maximum Gasteiger partial charge on any atom is 0.410 e. The molecule has 112 valence electrons. The Labute approximate surface area is 124 Å². The van der Waals surface area contributed by atoms with Crippen LogP contribution in [0.5, 0.6) is 0 Å². The molecule has 0 aromatic carbocycles. The summed E-state index contributed by atoms with van der Waals surface area (Å²) in [5, 5.41) is 12.3. The minimum atomic E-state index is -0.489. The molecule has 1 atom stereocenters. The number of nitriles is 1. The maximum atomic E-state index is 12.0. The first-order valence-corrected chi connectivity index (χ1v) is 6.98. The summed E-state index contributed by atoms with van der Waals surface area (Å²) in [6.45, 7) is 6.75. The van der Waals surface area contributed by atoms with Crippen molar-refractivity contribution < 1.29 is 9.53 Å². The fraction of sp³-hybridized carbons (Fsp3) is 0.533. The molecule has 1 N–H and O–H groups in total. The molecule has 0 saturated carbocycles. The monoisotopic (exact) mass is 288 g/mol. The van der Waals surface area contributed by atoms with Gasteiger partial charge in [-0.15, -0.1) is 0 Å². The van der Waals surface area contributed by atoms with Crippen LogP contribution in [-0.2, 0) is 4.74 Å². The molecule has 6 heteroatoms. The topological polar surface area (TPSA) is 78.2 Å². The molecule has 1 aliphatic rings. The second-order valence-electron chi connectivity index (χ2n) is 6.07. The molecule has 1 aromatic rings. The third-order valence-corrected chi connectivity index (χ3v) is 3.11. The van der Waals surface area contributed by atoms with Crippen molar-refractivity contribution in [3.05, 3.63) is 23.9 Å². The number of likely N-dealkylation sites (tertiary alicyclic amines) is 1. The highest BCUT2D eigenvalue weighted by atomic mass is 16.6. The lowest BCUT2D eigenvalue weighted by Crippen LogP contribution is -2.36. The molecule has 1 aromatic heterocycles. The minimum absolute atomic E-state index is 0.0829. The maximum absolute atomic E-state index is 12.0. The molecule has 0 bridgehead atoms. The highest BCUT2D eigenvalue weighted by molar-refractivity contribution is 5.68. The Hall–Kier alpha value is -2.29.